The van der Waals surface area contributed by atoms with Crippen LogP contribution in [0, 0.1) is 5.82 Å². The molecule has 0 aliphatic rings. The van der Waals surface area contributed by atoms with Crippen LogP contribution in [0.1, 0.15) is 29.1 Å². The predicted molar refractivity (Wildman–Crippen MR) is 84.5 cm³/mol. The SMILES string of the molecule is C[C@@H](NC(=O)c1cc2ccccc2o1)[C@H](O)c1ccc(F)cc1. The van der Waals surface area contributed by atoms with Crippen LogP contribution in [-0.4, -0.2) is 17.1 Å². The Kier molecular flexibility index (Phi) is 4.12. The average Bonchev–Trinajstić information content (AvgIpc) is 2.99. The molecule has 0 spiro atoms. The Balaban J connectivity index is 1.72. The molecule has 2 atom stereocenters. The van der Waals surface area contributed by atoms with Crippen molar-refractivity contribution < 1.29 is 18.7 Å². The van der Waals surface area contributed by atoms with Crippen LogP contribution in [0.25, 0.3) is 11.0 Å². The molecule has 0 saturated carbocycles. The van der Waals surface area contributed by atoms with E-state index in [1.54, 1.807) is 19.1 Å². The number of carbonyl (C=O) groups is 1. The van der Waals surface area contributed by atoms with Gasteiger partial charge in [-0.1, -0.05) is 30.3 Å². The number of nitrogens with one attached hydrogen (secondary N) is 1. The van der Waals surface area contributed by atoms with Gasteiger partial charge in [0.15, 0.2) is 5.76 Å². The number of carbonyl (C=O) groups excluding carboxylic acids is 1. The van der Waals surface area contributed by atoms with Crippen molar-refractivity contribution in [1.82, 2.24) is 5.32 Å². The zero-order valence-corrected chi connectivity index (χ0v) is 12.5. The zero-order valence-electron chi connectivity index (χ0n) is 12.5. The highest BCUT2D eigenvalue weighted by atomic mass is 19.1. The molecule has 4 nitrogen and oxygen atoms in total. The molecular weight excluding hydrogens is 297 g/mol. The number of amides is 1. The summed E-state index contributed by atoms with van der Waals surface area (Å²) in [5, 5.41) is 13.8. The van der Waals surface area contributed by atoms with Crippen LogP contribution in [0.2, 0.25) is 0 Å². The first-order valence-electron chi connectivity index (χ1n) is 7.27. The summed E-state index contributed by atoms with van der Waals surface area (Å²) in [4.78, 5) is 12.2. The second-order valence-corrected chi connectivity index (χ2v) is 5.41. The average molecular weight is 313 g/mol. The maximum Gasteiger partial charge on any atom is 0.287 e. The number of aliphatic hydroxyl groups excluding tert-OH is 1. The molecule has 3 rings (SSSR count). The molecule has 1 amide bonds. The third kappa shape index (κ3) is 3.24. The fraction of sp³-hybridized carbons (Fsp3) is 0.167. The highest BCUT2D eigenvalue weighted by Crippen LogP contribution is 2.20. The van der Waals surface area contributed by atoms with Crippen molar-refractivity contribution in [1.29, 1.82) is 0 Å². The molecule has 23 heavy (non-hydrogen) atoms. The molecule has 3 aromatic rings. The van der Waals surface area contributed by atoms with E-state index in [1.165, 1.54) is 24.3 Å². The number of aliphatic hydroxyl groups is 1. The monoisotopic (exact) mass is 313 g/mol. The van der Waals surface area contributed by atoms with Gasteiger partial charge in [0.1, 0.15) is 11.4 Å². The first-order valence-corrected chi connectivity index (χ1v) is 7.27. The Labute approximate surface area is 132 Å². The number of furan rings is 1. The molecule has 118 valence electrons. The molecule has 0 fully saturated rings. The quantitative estimate of drug-likeness (QED) is 0.776. The van der Waals surface area contributed by atoms with Crippen LogP contribution < -0.4 is 5.32 Å². The third-order valence-electron chi connectivity index (χ3n) is 3.69. The van der Waals surface area contributed by atoms with Crippen LogP contribution in [0.5, 0.6) is 0 Å². The van der Waals surface area contributed by atoms with E-state index < -0.39 is 18.1 Å². The van der Waals surface area contributed by atoms with E-state index in [2.05, 4.69) is 5.32 Å². The van der Waals surface area contributed by atoms with Crippen molar-refractivity contribution in [2.75, 3.05) is 0 Å². The molecule has 5 heteroatoms. The van der Waals surface area contributed by atoms with Crippen molar-refractivity contribution >= 4 is 16.9 Å². The van der Waals surface area contributed by atoms with Crippen molar-refractivity contribution in [3.8, 4) is 0 Å². The fourth-order valence-corrected chi connectivity index (χ4v) is 2.40. The summed E-state index contributed by atoms with van der Waals surface area (Å²) in [5.41, 5.74) is 1.16. The smallest absolute Gasteiger partial charge is 0.287 e. The summed E-state index contributed by atoms with van der Waals surface area (Å²) in [7, 11) is 0. The van der Waals surface area contributed by atoms with Crippen LogP contribution >= 0.6 is 0 Å². The summed E-state index contributed by atoms with van der Waals surface area (Å²) in [6, 6.07) is 13.9. The molecule has 0 radical (unpaired) electrons. The third-order valence-corrected chi connectivity index (χ3v) is 3.69. The van der Waals surface area contributed by atoms with Crippen LogP contribution in [0.15, 0.2) is 59.0 Å². The fourth-order valence-electron chi connectivity index (χ4n) is 2.40. The molecule has 2 N–H and O–H groups in total. The van der Waals surface area contributed by atoms with Gasteiger partial charge in [0.25, 0.3) is 5.91 Å². The summed E-state index contributed by atoms with van der Waals surface area (Å²) < 4.78 is 18.4. The molecule has 0 unspecified atom stereocenters. The Morgan fingerprint density at radius 3 is 2.57 bits per heavy atom. The first kappa shape index (κ1) is 15.2. The van der Waals surface area contributed by atoms with E-state index in [0.29, 0.717) is 11.1 Å². The van der Waals surface area contributed by atoms with Gasteiger partial charge >= 0.3 is 0 Å². The van der Waals surface area contributed by atoms with Crippen molar-refractivity contribution in [2.24, 2.45) is 0 Å². The van der Waals surface area contributed by atoms with Gasteiger partial charge in [-0.25, -0.2) is 4.39 Å². The normalized spacial score (nSPS) is 13.7. The Hall–Kier alpha value is -2.66. The lowest BCUT2D eigenvalue weighted by Crippen LogP contribution is -2.36. The maximum absolute atomic E-state index is 12.9. The lowest BCUT2D eigenvalue weighted by Gasteiger charge is -2.20. The van der Waals surface area contributed by atoms with E-state index in [1.807, 2.05) is 18.2 Å². The van der Waals surface area contributed by atoms with Gasteiger partial charge < -0.3 is 14.8 Å². The van der Waals surface area contributed by atoms with Gasteiger partial charge in [0.05, 0.1) is 12.1 Å². The zero-order chi connectivity index (χ0) is 16.4. The lowest BCUT2D eigenvalue weighted by molar-refractivity contribution is 0.0828. The van der Waals surface area contributed by atoms with Crippen molar-refractivity contribution in [3.05, 3.63) is 71.7 Å². The van der Waals surface area contributed by atoms with Crippen molar-refractivity contribution in [3.63, 3.8) is 0 Å². The minimum atomic E-state index is -0.941. The molecule has 2 aromatic carbocycles. The molecular formula is C18H16FNO3. The van der Waals surface area contributed by atoms with E-state index >= 15 is 0 Å². The predicted octanol–water partition coefficient (Wildman–Crippen LogP) is 3.42. The van der Waals surface area contributed by atoms with E-state index in [-0.39, 0.29) is 11.6 Å². The topological polar surface area (TPSA) is 62.5 Å². The molecule has 0 aliphatic heterocycles. The second kappa shape index (κ2) is 6.22. The van der Waals surface area contributed by atoms with Gasteiger partial charge in [0, 0.05) is 5.39 Å². The molecule has 0 saturated heterocycles. The Bertz CT molecular complexity index is 793. The number of hydrogen-bond donors (Lipinski definition) is 2. The molecule has 0 aliphatic carbocycles. The van der Waals surface area contributed by atoms with Crippen LogP contribution in [0.4, 0.5) is 4.39 Å². The van der Waals surface area contributed by atoms with E-state index in [0.717, 1.165) is 5.39 Å². The second-order valence-electron chi connectivity index (χ2n) is 5.41. The Morgan fingerprint density at radius 2 is 1.87 bits per heavy atom. The number of benzene rings is 2. The standard InChI is InChI=1S/C18H16FNO3/c1-11(17(21)12-6-8-14(19)9-7-12)20-18(22)16-10-13-4-2-3-5-15(13)23-16/h2-11,17,21H,1H3,(H,20,22)/t11-,17+/m1/s1. The minimum absolute atomic E-state index is 0.185. The Morgan fingerprint density at radius 1 is 1.17 bits per heavy atom. The highest BCUT2D eigenvalue weighted by molar-refractivity contribution is 5.96. The van der Waals surface area contributed by atoms with Gasteiger partial charge in [-0.05, 0) is 36.8 Å². The molecule has 0 bridgehead atoms. The number of fused-ring (bicyclic) bond motifs is 1. The first-order chi connectivity index (χ1) is 11.0. The summed E-state index contributed by atoms with van der Waals surface area (Å²) in [6.07, 6.45) is -0.941. The number of rotatable bonds is 4. The van der Waals surface area contributed by atoms with Crippen LogP contribution in [-0.2, 0) is 0 Å². The van der Waals surface area contributed by atoms with Gasteiger partial charge in [-0.15, -0.1) is 0 Å². The maximum atomic E-state index is 12.9. The van der Waals surface area contributed by atoms with E-state index in [9.17, 15) is 14.3 Å². The lowest BCUT2D eigenvalue weighted by atomic mass is 10.0. The summed E-state index contributed by atoms with van der Waals surface area (Å²) in [5.74, 6) is -0.598. The van der Waals surface area contributed by atoms with Gasteiger partial charge in [-0.3, -0.25) is 4.79 Å². The summed E-state index contributed by atoms with van der Waals surface area (Å²) in [6.45, 7) is 1.68. The van der Waals surface area contributed by atoms with Crippen LogP contribution in [0.3, 0.4) is 0 Å². The molecule has 1 aromatic heterocycles. The number of hydrogen-bond acceptors (Lipinski definition) is 3. The summed E-state index contributed by atoms with van der Waals surface area (Å²) >= 11 is 0. The largest absolute Gasteiger partial charge is 0.451 e. The minimum Gasteiger partial charge on any atom is -0.451 e. The van der Waals surface area contributed by atoms with Gasteiger partial charge in [0.2, 0.25) is 0 Å². The number of para-hydroxylation sites is 1. The molecule has 1 heterocycles. The number of halogens is 1. The highest BCUT2D eigenvalue weighted by Gasteiger charge is 2.21. The van der Waals surface area contributed by atoms with Crippen molar-refractivity contribution in [2.45, 2.75) is 19.1 Å². The van der Waals surface area contributed by atoms with E-state index in [4.69, 9.17) is 4.42 Å². The van der Waals surface area contributed by atoms with Gasteiger partial charge in [-0.2, -0.15) is 0 Å².